The molecule has 0 aliphatic heterocycles. The maximum Gasteiger partial charge on any atom is 0.223 e. The lowest BCUT2D eigenvalue weighted by atomic mass is 10.0. The van der Waals surface area contributed by atoms with E-state index in [-0.39, 0.29) is 0 Å². The van der Waals surface area contributed by atoms with E-state index in [0.29, 0.717) is 23.7 Å². The highest BCUT2D eigenvalue weighted by atomic mass is 35.5. The lowest BCUT2D eigenvalue weighted by molar-refractivity contribution is -0.133. The predicted octanol–water partition coefficient (Wildman–Crippen LogP) is 3.43. The van der Waals surface area contributed by atoms with Crippen LogP contribution in [0.25, 0.3) is 0 Å². The summed E-state index contributed by atoms with van der Waals surface area (Å²) in [6.45, 7) is 4.98. The molecule has 1 rings (SSSR count). The number of carbonyl (C=O) groups is 1. The van der Waals surface area contributed by atoms with E-state index in [4.69, 9.17) is 11.6 Å². The van der Waals surface area contributed by atoms with E-state index in [0.717, 1.165) is 19.4 Å². The van der Waals surface area contributed by atoms with Gasteiger partial charge in [-0.3, -0.25) is 4.79 Å². The van der Waals surface area contributed by atoms with Crippen molar-refractivity contribution in [2.45, 2.75) is 58.4 Å². The number of hydrogen-bond donors (Lipinski definition) is 0. The topological polar surface area (TPSA) is 20.3 Å². The Kier molecular flexibility index (Phi) is 6.18. The summed E-state index contributed by atoms with van der Waals surface area (Å²) in [5.41, 5.74) is 0. The maximum absolute atomic E-state index is 12.1. The molecular weight excluding hydrogens is 222 g/mol. The minimum atomic E-state index is 0.303. The monoisotopic (exact) mass is 245 g/mol. The number of alkyl halides is 1. The average Bonchev–Trinajstić information content (AvgIpc) is 2.70. The van der Waals surface area contributed by atoms with Crippen molar-refractivity contribution in [3.63, 3.8) is 0 Å². The summed E-state index contributed by atoms with van der Waals surface area (Å²) < 4.78 is 0. The zero-order chi connectivity index (χ0) is 12.0. The van der Waals surface area contributed by atoms with E-state index in [9.17, 15) is 4.79 Å². The van der Waals surface area contributed by atoms with Crippen LogP contribution in [0, 0.1) is 5.92 Å². The molecule has 1 saturated carbocycles. The minimum Gasteiger partial charge on any atom is -0.340 e. The molecule has 3 heteroatoms. The first-order valence-corrected chi connectivity index (χ1v) is 7.04. The van der Waals surface area contributed by atoms with Gasteiger partial charge in [0.1, 0.15) is 0 Å². The van der Waals surface area contributed by atoms with Crippen LogP contribution in [0.3, 0.4) is 0 Å². The van der Waals surface area contributed by atoms with Gasteiger partial charge in [-0.05, 0) is 39.0 Å². The van der Waals surface area contributed by atoms with Crippen LogP contribution in [0.5, 0.6) is 0 Å². The number of rotatable bonds is 6. The molecule has 2 nitrogen and oxygen atoms in total. The van der Waals surface area contributed by atoms with Gasteiger partial charge in [0.25, 0.3) is 0 Å². The number of amides is 1. The highest BCUT2D eigenvalue weighted by Gasteiger charge is 2.23. The molecule has 0 unspecified atom stereocenters. The molecule has 0 N–H and O–H groups in total. The van der Waals surface area contributed by atoms with E-state index in [1.165, 1.54) is 25.7 Å². The maximum atomic E-state index is 12.1. The van der Waals surface area contributed by atoms with Gasteiger partial charge in [0, 0.05) is 24.9 Å². The first kappa shape index (κ1) is 13.8. The summed E-state index contributed by atoms with van der Waals surface area (Å²) in [5, 5.41) is 0. The summed E-state index contributed by atoms with van der Waals surface area (Å²) in [5.74, 6) is 1.61. The Labute approximate surface area is 104 Å². The van der Waals surface area contributed by atoms with Crippen molar-refractivity contribution >= 4 is 17.5 Å². The lowest BCUT2D eigenvalue weighted by Crippen LogP contribution is -2.38. The van der Waals surface area contributed by atoms with Gasteiger partial charge in [-0.15, -0.1) is 11.6 Å². The molecule has 0 radical (unpaired) electrons. The van der Waals surface area contributed by atoms with Crippen molar-refractivity contribution in [1.29, 1.82) is 0 Å². The summed E-state index contributed by atoms with van der Waals surface area (Å²) in [6.07, 6.45) is 6.75. The summed E-state index contributed by atoms with van der Waals surface area (Å²) in [6, 6.07) is 0.303. The lowest BCUT2D eigenvalue weighted by Gasteiger charge is -2.27. The Balaban J connectivity index is 2.39. The van der Waals surface area contributed by atoms with Crippen LogP contribution >= 0.6 is 11.6 Å². The van der Waals surface area contributed by atoms with Crippen LogP contribution in [0.2, 0.25) is 0 Å². The normalized spacial score (nSPS) is 17.0. The molecule has 94 valence electrons. The third kappa shape index (κ3) is 4.32. The van der Waals surface area contributed by atoms with Gasteiger partial charge in [0.15, 0.2) is 0 Å². The van der Waals surface area contributed by atoms with Gasteiger partial charge in [0.2, 0.25) is 5.91 Å². The average molecular weight is 246 g/mol. The third-order valence-corrected chi connectivity index (χ3v) is 3.68. The molecule has 1 fully saturated rings. The first-order valence-electron chi connectivity index (χ1n) is 6.50. The van der Waals surface area contributed by atoms with E-state index in [1.807, 2.05) is 4.90 Å². The second-order valence-electron chi connectivity index (χ2n) is 5.08. The summed E-state index contributed by atoms with van der Waals surface area (Å²) >= 11 is 5.69. The largest absolute Gasteiger partial charge is 0.340 e. The molecule has 0 bridgehead atoms. The highest BCUT2D eigenvalue weighted by molar-refractivity contribution is 6.17. The van der Waals surface area contributed by atoms with E-state index >= 15 is 0 Å². The van der Waals surface area contributed by atoms with Gasteiger partial charge in [-0.2, -0.15) is 0 Å². The van der Waals surface area contributed by atoms with Gasteiger partial charge in [0.05, 0.1) is 0 Å². The molecule has 0 spiro atoms. The molecule has 0 aromatic rings. The number of halogens is 1. The fourth-order valence-electron chi connectivity index (χ4n) is 2.48. The molecule has 1 amide bonds. The second kappa shape index (κ2) is 7.16. The number of nitrogens with zero attached hydrogens (tertiary/aromatic N) is 1. The molecule has 1 aliphatic rings. The van der Waals surface area contributed by atoms with Crippen molar-refractivity contribution < 1.29 is 4.79 Å². The highest BCUT2D eigenvalue weighted by Crippen LogP contribution is 2.28. The smallest absolute Gasteiger partial charge is 0.223 e. The van der Waals surface area contributed by atoms with Crippen molar-refractivity contribution in [1.82, 2.24) is 4.90 Å². The molecule has 0 heterocycles. The van der Waals surface area contributed by atoms with Gasteiger partial charge < -0.3 is 4.90 Å². The Hall–Kier alpha value is -0.240. The van der Waals surface area contributed by atoms with Crippen LogP contribution in [0.4, 0.5) is 0 Å². The van der Waals surface area contributed by atoms with Crippen molar-refractivity contribution in [3.8, 4) is 0 Å². The van der Waals surface area contributed by atoms with Crippen LogP contribution in [-0.4, -0.2) is 29.3 Å². The molecule has 16 heavy (non-hydrogen) atoms. The number of carbonyl (C=O) groups excluding carboxylic acids is 1. The standard InChI is InChI=1S/C13H24ClNO/c1-11(2)15(9-5-8-14)13(16)10-12-6-3-4-7-12/h11-12H,3-10H2,1-2H3. The van der Waals surface area contributed by atoms with Gasteiger partial charge in [-0.1, -0.05) is 12.8 Å². The van der Waals surface area contributed by atoms with Crippen molar-refractivity contribution in [2.24, 2.45) is 5.92 Å². The van der Waals surface area contributed by atoms with Crippen LogP contribution < -0.4 is 0 Å². The molecule has 0 atom stereocenters. The Morgan fingerprint density at radius 1 is 1.38 bits per heavy atom. The van der Waals surface area contributed by atoms with E-state index in [2.05, 4.69) is 13.8 Å². The zero-order valence-electron chi connectivity index (χ0n) is 10.5. The van der Waals surface area contributed by atoms with E-state index < -0.39 is 0 Å². The molecule has 1 aliphatic carbocycles. The fraction of sp³-hybridized carbons (Fsp3) is 0.923. The summed E-state index contributed by atoms with van der Waals surface area (Å²) in [7, 11) is 0. The van der Waals surface area contributed by atoms with Gasteiger partial charge >= 0.3 is 0 Å². The zero-order valence-corrected chi connectivity index (χ0v) is 11.3. The Morgan fingerprint density at radius 2 is 2.00 bits per heavy atom. The first-order chi connectivity index (χ1) is 7.65. The predicted molar refractivity (Wildman–Crippen MR) is 68.8 cm³/mol. The molecular formula is C13H24ClNO. The van der Waals surface area contributed by atoms with Crippen molar-refractivity contribution in [2.75, 3.05) is 12.4 Å². The third-order valence-electron chi connectivity index (χ3n) is 3.41. The molecule has 0 saturated heterocycles. The summed E-state index contributed by atoms with van der Waals surface area (Å²) in [4.78, 5) is 14.1. The van der Waals surface area contributed by atoms with Crippen LogP contribution in [0.15, 0.2) is 0 Å². The van der Waals surface area contributed by atoms with E-state index in [1.54, 1.807) is 0 Å². The van der Waals surface area contributed by atoms with Crippen molar-refractivity contribution in [3.05, 3.63) is 0 Å². The molecule has 0 aromatic heterocycles. The Morgan fingerprint density at radius 3 is 2.50 bits per heavy atom. The van der Waals surface area contributed by atoms with Crippen LogP contribution in [-0.2, 0) is 4.79 Å². The second-order valence-corrected chi connectivity index (χ2v) is 5.46. The minimum absolute atomic E-state index is 0.303. The quantitative estimate of drug-likeness (QED) is 0.657. The number of hydrogen-bond acceptors (Lipinski definition) is 1. The Bertz CT molecular complexity index is 212. The van der Waals surface area contributed by atoms with Gasteiger partial charge in [-0.25, -0.2) is 0 Å². The SMILES string of the molecule is CC(C)N(CCCCl)C(=O)CC1CCCC1. The molecule has 0 aromatic carbocycles. The fourth-order valence-corrected chi connectivity index (χ4v) is 2.60. The van der Waals surface area contributed by atoms with Crippen LogP contribution in [0.1, 0.15) is 52.4 Å².